The van der Waals surface area contributed by atoms with Gasteiger partial charge in [0.05, 0.1) is 11.1 Å². The maximum absolute atomic E-state index is 15.0. The van der Waals surface area contributed by atoms with Crippen LogP contribution in [0.25, 0.3) is 0 Å². The van der Waals surface area contributed by atoms with Crippen LogP contribution in [-0.2, 0) is 45.9 Å². The number of rotatable bonds is 18. The van der Waals surface area contributed by atoms with E-state index in [0.717, 1.165) is 74.5 Å². The largest absolute Gasteiger partial charge is 0.507 e. The number of benzene rings is 1. The first-order valence-electron chi connectivity index (χ1n) is 23.9. The Morgan fingerprint density at radius 3 is 1.30 bits per heavy atom. The minimum absolute atomic E-state index is 0.0459. The quantitative estimate of drug-likeness (QED) is 0.0733. The van der Waals surface area contributed by atoms with Gasteiger partial charge in [-0.2, -0.15) is 0 Å². The maximum atomic E-state index is 15.0. The fourth-order valence-electron chi connectivity index (χ4n) is 9.44. The fraction of sp³-hybridized carbons (Fsp3) is 0.808. The fourth-order valence-corrected chi connectivity index (χ4v) is 9.44. The van der Waals surface area contributed by atoms with E-state index >= 15 is 9.59 Å². The van der Waals surface area contributed by atoms with E-state index < -0.39 is 40.4 Å². The van der Waals surface area contributed by atoms with Crippen LogP contribution in [0.2, 0.25) is 0 Å². The number of hydrogen-bond acceptors (Lipinski definition) is 9. The Hall–Kier alpha value is -3.18. The molecule has 3 N–H and O–H groups in total. The van der Waals surface area contributed by atoms with Gasteiger partial charge in [0, 0.05) is 23.9 Å². The van der Waals surface area contributed by atoms with Gasteiger partial charge in [0.25, 0.3) is 0 Å². The number of unbranched alkanes of at least 4 members (excludes halogenated alkanes) is 6. The van der Waals surface area contributed by atoms with E-state index in [-0.39, 0.29) is 59.1 Å². The number of aromatic hydroxyl groups is 1. The van der Waals surface area contributed by atoms with Crippen LogP contribution in [0.15, 0.2) is 12.1 Å². The number of piperidine rings is 2. The molecule has 2 heterocycles. The number of likely N-dealkylation sites (N-methyl/N-ethyl adjacent to an activating group) is 2. The molecule has 0 aliphatic carbocycles. The molecule has 2 atom stereocenters. The molecule has 3 rings (SSSR count). The third-order valence-corrected chi connectivity index (χ3v) is 14.7. The lowest BCUT2D eigenvalue weighted by Crippen LogP contribution is -2.65. The van der Waals surface area contributed by atoms with Crippen molar-refractivity contribution in [3.05, 3.63) is 28.8 Å². The van der Waals surface area contributed by atoms with Crippen molar-refractivity contribution in [3.8, 4) is 5.75 Å². The van der Waals surface area contributed by atoms with Gasteiger partial charge < -0.3 is 24.8 Å². The van der Waals surface area contributed by atoms with E-state index in [4.69, 9.17) is 19.7 Å². The van der Waals surface area contributed by atoms with Crippen LogP contribution in [0.4, 0.5) is 0 Å². The first kappa shape index (κ1) is 56.0. The molecule has 2 fully saturated rings. The Morgan fingerprint density at radius 2 is 0.984 bits per heavy atom. The van der Waals surface area contributed by atoms with Gasteiger partial charge in [0.2, 0.25) is 0 Å². The summed E-state index contributed by atoms with van der Waals surface area (Å²) in [5, 5.41) is 28.2. The summed E-state index contributed by atoms with van der Waals surface area (Å²) in [5.74, 6) is -2.20. The molecular weight excluding hydrogens is 797 g/mol. The number of carboxylic acids is 2. The third kappa shape index (κ3) is 14.7. The van der Waals surface area contributed by atoms with Gasteiger partial charge in [-0.05, 0) is 148 Å². The van der Waals surface area contributed by atoms with Gasteiger partial charge >= 0.3 is 23.9 Å². The highest BCUT2D eigenvalue weighted by molar-refractivity contribution is 6.00. The van der Waals surface area contributed by atoms with E-state index in [0.29, 0.717) is 25.7 Å². The number of likely N-dealkylation sites (tertiary alicyclic amines) is 2. The number of esters is 2. The van der Waals surface area contributed by atoms with Crippen molar-refractivity contribution in [2.24, 2.45) is 5.41 Å². The van der Waals surface area contributed by atoms with E-state index in [9.17, 15) is 14.7 Å². The molecule has 2 aliphatic rings. The summed E-state index contributed by atoms with van der Waals surface area (Å²) in [6.45, 7) is 32.0. The van der Waals surface area contributed by atoms with Gasteiger partial charge in [0.1, 0.15) is 18.0 Å². The average molecular weight is 887 g/mol. The number of phenolic OH excluding ortho intramolecular Hbond substituents is 1. The first-order valence-corrected chi connectivity index (χ1v) is 23.9. The molecule has 2 aliphatic heterocycles. The Labute approximate surface area is 382 Å². The summed E-state index contributed by atoms with van der Waals surface area (Å²) in [7, 11) is 4.19. The molecular formula is C52H90N2O9. The predicted octanol–water partition coefficient (Wildman–Crippen LogP) is 11.4. The van der Waals surface area contributed by atoms with E-state index in [2.05, 4.69) is 128 Å². The van der Waals surface area contributed by atoms with Crippen LogP contribution in [0, 0.1) is 5.41 Å². The molecule has 0 bridgehead atoms. The average Bonchev–Trinajstić information content (AvgIpc) is 3.15. The molecule has 1 aromatic carbocycles. The number of carbonyl (C=O) groups is 4. The summed E-state index contributed by atoms with van der Waals surface area (Å²) >= 11 is 0. The van der Waals surface area contributed by atoms with Gasteiger partial charge in [-0.3, -0.25) is 29.0 Å². The lowest BCUT2D eigenvalue weighted by molar-refractivity contribution is -0.196. The SMILES string of the molecule is CCCCC(Cc1cc(C(C)(C)C)c(O)c(C(C)(C)C)c1)(C(=O)OC1CCC(C)(C)N(C)C1(C)C)C(=O)OC1CCC(C)(C)N(C)C1(C)C.O=C(O)CCCCCCCCC(=O)O. The Bertz CT molecular complexity index is 1590. The smallest absolute Gasteiger partial charge is 0.324 e. The standard InChI is InChI=1S/C42H72N2O5.C10H18O4/c1-18-19-22-42(34(46)48-31-20-23-38(8,9)43(16)40(31,12)13,35(47)49-32-21-24-39(10,11)44(17)41(32,14)15)27-28-25-29(36(2,3)4)33(45)30(26-28)37(5,6)7;11-9(12)7-5-3-1-2-4-6-8-10(13)14/h25-26,31-32,45H,18-24,27H2,1-17H3;1-8H2,(H,11,12)(H,13,14). The Morgan fingerprint density at radius 1 is 0.635 bits per heavy atom. The summed E-state index contributed by atoms with van der Waals surface area (Å²) in [4.78, 5) is 55.0. The van der Waals surface area contributed by atoms with Crippen molar-refractivity contribution in [1.29, 1.82) is 0 Å². The van der Waals surface area contributed by atoms with Gasteiger partial charge in [-0.1, -0.05) is 99.1 Å². The molecule has 2 unspecified atom stereocenters. The molecule has 362 valence electrons. The summed E-state index contributed by atoms with van der Waals surface area (Å²) in [6.07, 6.45) is 10.2. The predicted molar refractivity (Wildman–Crippen MR) is 253 cm³/mol. The maximum Gasteiger partial charge on any atom is 0.324 e. The molecule has 63 heavy (non-hydrogen) atoms. The first-order chi connectivity index (χ1) is 28.7. The van der Waals surface area contributed by atoms with E-state index in [1.807, 2.05) is 12.1 Å². The molecule has 0 saturated carbocycles. The normalized spacial score (nSPS) is 21.9. The van der Waals surface area contributed by atoms with Crippen molar-refractivity contribution >= 4 is 23.9 Å². The third-order valence-electron chi connectivity index (χ3n) is 14.7. The van der Waals surface area contributed by atoms with Crippen molar-refractivity contribution in [1.82, 2.24) is 9.80 Å². The zero-order valence-electron chi connectivity index (χ0n) is 42.8. The monoisotopic (exact) mass is 887 g/mol. The molecule has 0 amide bonds. The second kappa shape index (κ2) is 21.9. The molecule has 0 spiro atoms. The Balaban J connectivity index is 0.000000834. The van der Waals surface area contributed by atoms with Crippen LogP contribution >= 0.6 is 0 Å². The Kier molecular flexibility index (Phi) is 19.4. The molecule has 0 radical (unpaired) electrons. The van der Waals surface area contributed by atoms with Gasteiger partial charge in [0.15, 0.2) is 5.41 Å². The van der Waals surface area contributed by atoms with E-state index in [1.54, 1.807) is 0 Å². The van der Waals surface area contributed by atoms with Crippen LogP contribution in [0.1, 0.15) is 217 Å². The van der Waals surface area contributed by atoms with Gasteiger partial charge in [-0.25, -0.2) is 0 Å². The topological polar surface area (TPSA) is 154 Å². The highest BCUT2D eigenvalue weighted by Gasteiger charge is 2.55. The van der Waals surface area contributed by atoms with Crippen LogP contribution in [0.5, 0.6) is 5.75 Å². The van der Waals surface area contributed by atoms with Crippen LogP contribution < -0.4 is 0 Å². The highest BCUT2D eigenvalue weighted by Crippen LogP contribution is 2.46. The number of aliphatic carboxylic acids is 2. The number of hydrogen-bond donors (Lipinski definition) is 3. The number of phenols is 1. The molecule has 1 aromatic rings. The molecule has 2 saturated heterocycles. The lowest BCUT2D eigenvalue weighted by Gasteiger charge is -2.55. The van der Waals surface area contributed by atoms with Crippen molar-refractivity contribution in [2.75, 3.05) is 14.1 Å². The zero-order chi connectivity index (χ0) is 48.6. The summed E-state index contributed by atoms with van der Waals surface area (Å²) in [6, 6.07) is 3.99. The zero-order valence-corrected chi connectivity index (χ0v) is 42.8. The second-order valence-electron chi connectivity index (χ2n) is 23.2. The molecule has 11 nitrogen and oxygen atoms in total. The van der Waals surface area contributed by atoms with Crippen LogP contribution in [0.3, 0.4) is 0 Å². The van der Waals surface area contributed by atoms with Gasteiger partial charge in [-0.15, -0.1) is 0 Å². The van der Waals surface area contributed by atoms with Crippen molar-refractivity contribution in [2.45, 2.75) is 252 Å². The number of carbonyl (C=O) groups excluding carboxylic acids is 2. The van der Waals surface area contributed by atoms with E-state index in [1.165, 1.54) is 0 Å². The minimum atomic E-state index is -1.56. The summed E-state index contributed by atoms with van der Waals surface area (Å²) in [5.41, 5.74) is -0.804. The molecule has 0 aromatic heterocycles. The lowest BCUT2D eigenvalue weighted by atomic mass is 9.73. The highest BCUT2D eigenvalue weighted by atomic mass is 16.6. The number of carboxylic acid groups (broad SMARTS) is 2. The summed E-state index contributed by atoms with van der Waals surface area (Å²) < 4.78 is 13.2. The second-order valence-corrected chi connectivity index (χ2v) is 23.2. The van der Waals surface area contributed by atoms with Crippen LogP contribution in [-0.4, -0.2) is 97.5 Å². The molecule has 11 heteroatoms. The number of nitrogens with zero attached hydrogens (tertiary/aromatic N) is 2. The van der Waals surface area contributed by atoms with Crippen molar-refractivity contribution in [3.63, 3.8) is 0 Å². The van der Waals surface area contributed by atoms with Crippen molar-refractivity contribution < 1.29 is 44.0 Å². The minimum Gasteiger partial charge on any atom is -0.507 e. The number of ether oxygens (including phenoxy) is 2.